The van der Waals surface area contributed by atoms with Crippen molar-refractivity contribution in [2.45, 2.75) is 25.2 Å². The van der Waals surface area contributed by atoms with Gasteiger partial charge in [-0.1, -0.05) is 18.2 Å². The molecule has 2 heterocycles. The lowest BCUT2D eigenvalue weighted by atomic mass is 9.98. The van der Waals surface area contributed by atoms with Gasteiger partial charge in [-0.3, -0.25) is 9.59 Å². The lowest BCUT2D eigenvalue weighted by Crippen LogP contribution is -2.32. The monoisotopic (exact) mass is 414 g/mol. The Hall–Kier alpha value is -3.94. The molecular weight excluding hydrogens is 392 g/mol. The van der Waals surface area contributed by atoms with E-state index >= 15 is 0 Å². The lowest BCUT2D eigenvalue weighted by Gasteiger charge is -2.20. The Morgan fingerprint density at radius 1 is 1.10 bits per heavy atom. The van der Waals surface area contributed by atoms with Gasteiger partial charge in [0.15, 0.2) is 0 Å². The van der Waals surface area contributed by atoms with Crippen LogP contribution in [0.2, 0.25) is 0 Å². The Bertz CT molecular complexity index is 1170. The highest BCUT2D eigenvalue weighted by atomic mass is 16.2. The molecule has 8 heteroatoms. The van der Waals surface area contributed by atoms with Crippen LogP contribution >= 0.6 is 0 Å². The van der Waals surface area contributed by atoms with E-state index in [1.54, 1.807) is 12.1 Å². The third kappa shape index (κ3) is 3.92. The standard InChI is InChI=1S/C23H22N6O2/c24-20(30)18-12-26-23(27-15-8-6-14(7-9-15)13-4-5-13)29-21(18)28-19-3-1-2-17-16(19)10-11-25-22(17)31/h1-3,6-9,12-13H,4-5,10-11H2,(H2,24,30)(H,25,31)(H2,26,27,28,29). The molecule has 156 valence electrons. The van der Waals surface area contributed by atoms with Gasteiger partial charge in [-0.25, -0.2) is 4.98 Å². The Kier molecular flexibility index (Phi) is 4.74. The van der Waals surface area contributed by atoms with Crippen molar-refractivity contribution in [2.75, 3.05) is 17.2 Å². The molecule has 2 amide bonds. The first-order valence-electron chi connectivity index (χ1n) is 10.3. The molecule has 0 bridgehead atoms. The minimum Gasteiger partial charge on any atom is -0.365 e. The number of anilines is 4. The number of nitrogens with zero attached hydrogens (tertiary/aromatic N) is 2. The van der Waals surface area contributed by atoms with E-state index in [2.05, 4.69) is 38.1 Å². The van der Waals surface area contributed by atoms with Gasteiger partial charge >= 0.3 is 0 Å². The molecule has 8 nitrogen and oxygen atoms in total. The average molecular weight is 414 g/mol. The van der Waals surface area contributed by atoms with E-state index in [1.165, 1.54) is 24.6 Å². The summed E-state index contributed by atoms with van der Waals surface area (Å²) in [5, 5.41) is 9.20. The van der Waals surface area contributed by atoms with Gasteiger partial charge in [-0.05, 0) is 60.6 Å². The second-order valence-electron chi connectivity index (χ2n) is 7.80. The van der Waals surface area contributed by atoms with Crippen LogP contribution in [-0.4, -0.2) is 28.3 Å². The third-order valence-corrected chi connectivity index (χ3v) is 5.60. The van der Waals surface area contributed by atoms with Gasteiger partial charge in [0.05, 0.1) is 0 Å². The number of carbonyl (C=O) groups excluding carboxylic acids is 2. The number of amides is 2. The van der Waals surface area contributed by atoms with Gasteiger partial charge in [0.25, 0.3) is 11.8 Å². The molecule has 1 aromatic heterocycles. The highest BCUT2D eigenvalue weighted by Crippen LogP contribution is 2.40. The van der Waals surface area contributed by atoms with Crippen LogP contribution in [0.25, 0.3) is 0 Å². The molecule has 2 aliphatic rings. The second-order valence-corrected chi connectivity index (χ2v) is 7.80. The normalized spacial score (nSPS) is 15.0. The SMILES string of the molecule is NC(=O)c1cnc(Nc2ccc(C3CC3)cc2)nc1Nc1cccc2c1CCNC2=O. The van der Waals surface area contributed by atoms with Crippen molar-refractivity contribution in [1.82, 2.24) is 15.3 Å². The van der Waals surface area contributed by atoms with Crippen molar-refractivity contribution in [2.24, 2.45) is 5.73 Å². The van der Waals surface area contributed by atoms with Gasteiger partial charge in [-0.2, -0.15) is 4.98 Å². The predicted molar refractivity (Wildman–Crippen MR) is 118 cm³/mol. The van der Waals surface area contributed by atoms with Crippen molar-refractivity contribution in [3.8, 4) is 0 Å². The molecule has 1 aliphatic heterocycles. The quantitative estimate of drug-likeness (QED) is 0.491. The molecule has 0 saturated heterocycles. The summed E-state index contributed by atoms with van der Waals surface area (Å²) >= 11 is 0. The van der Waals surface area contributed by atoms with E-state index in [0.717, 1.165) is 11.3 Å². The van der Waals surface area contributed by atoms with Gasteiger partial charge < -0.3 is 21.7 Å². The summed E-state index contributed by atoms with van der Waals surface area (Å²) in [5.41, 5.74) is 10.1. The van der Waals surface area contributed by atoms with Crippen molar-refractivity contribution in [3.05, 3.63) is 70.9 Å². The van der Waals surface area contributed by atoms with Crippen LogP contribution < -0.4 is 21.7 Å². The summed E-state index contributed by atoms with van der Waals surface area (Å²) in [6.45, 7) is 0.556. The first-order valence-corrected chi connectivity index (χ1v) is 10.3. The number of rotatable bonds is 6. The highest BCUT2D eigenvalue weighted by molar-refractivity contribution is 6.00. The van der Waals surface area contributed by atoms with Crippen LogP contribution in [0.15, 0.2) is 48.7 Å². The minimum absolute atomic E-state index is 0.111. The Balaban J connectivity index is 1.44. The molecule has 2 aromatic carbocycles. The molecule has 0 unspecified atom stereocenters. The molecular formula is C23H22N6O2. The van der Waals surface area contributed by atoms with Crippen LogP contribution in [0.4, 0.5) is 23.1 Å². The van der Waals surface area contributed by atoms with E-state index in [1.807, 2.05) is 18.2 Å². The number of primary amides is 1. The maximum atomic E-state index is 12.1. The molecule has 1 aliphatic carbocycles. The summed E-state index contributed by atoms with van der Waals surface area (Å²) in [6, 6.07) is 13.6. The van der Waals surface area contributed by atoms with E-state index in [-0.39, 0.29) is 11.5 Å². The maximum Gasteiger partial charge on any atom is 0.254 e. The van der Waals surface area contributed by atoms with Crippen molar-refractivity contribution in [3.63, 3.8) is 0 Å². The number of fused-ring (bicyclic) bond motifs is 1. The summed E-state index contributed by atoms with van der Waals surface area (Å²) < 4.78 is 0. The predicted octanol–water partition coefficient (Wildman–Crippen LogP) is 3.23. The van der Waals surface area contributed by atoms with Gasteiger partial charge in [-0.15, -0.1) is 0 Å². The van der Waals surface area contributed by atoms with E-state index in [4.69, 9.17) is 5.73 Å². The maximum absolute atomic E-state index is 12.1. The topological polar surface area (TPSA) is 122 Å². The first-order chi connectivity index (χ1) is 15.1. The summed E-state index contributed by atoms with van der Waals surface area (Å²) in [6.07, 6.45) is 4.59. The van der Waals surface area contributed by atoms with E-state index in [0.29, 0.717) is 41.9 Å². The number of carbonyl (C=O) groups is 2. The number of aromatic nitrogens is 2. The zero-order valence-corrected chi connectivity index (χ0v) is 16.8. The molecule has 0 radical (unpaired) electrons. The molecule has 5 rings (SSSR count). The number of nitrogens with two attached hydrogens (primary N) is 1. The average Bonchev–Trinajstić information content (AvgIpc) is 3.61. The van der Waals surface area contributed by atoms with Crippen LogP contribution in [0.5, 0.6) is 0 Å². The van der Waals surface area contributed by atoms with Gasteiger partial charge in [0.1, 0.15) is 11.4 Å². The Labute approximate surface area is 179 Å². The minimum atomic E-state index is -0.634. The molecule has 31 heavy (non-hydrogen) atoms. The first kappa shape index (κ1) is 19.0. The number of nitrogens with one attached hydrogen (secondary N) is 3. The summed E-state index contributed by atoms with van der Waals surface area (Å²) in [4.78, 5) is 32.8. The number of benzene rings is 2. The van der Waals surface area contributed by atoms with Crippen LogP contribution in [0.3, 0.4) is 0 Å². The van der Waals surface area contributed by atoms with E-state index in [9.17, 15) is 9.59 Å². The zero-order valence-electron chi connectivity index (χ0n) is 16.8. The smallest absolute Gasteiger partial charge is 0.254 e. The Morgan fingerprint density at radius 2 is 1.90 bits per heavy atom. The molecule has 5 N–H and O–H groups in total. The lowest BCUT2D eigenvalue weighted by molar-refractivity contribution is 0.0944. The third-order valence-electron chi connectivity index (χ3n) is 5.60. The fourth-order valence-corrected chi connectivity index (χ4v) is 3.81. The molecule has 3 aromatic rings. The molecule has 0 spiro atoms. The fraction of sp³-hybridized carbons (Fsp3) is 0.217. The van der Waals surface area contributed by atoms with Crippen LogP contribution in [0.1, 0.15) is 50.6 Å². The van der Waals surface area contributed by atoms with Gasteiger partial charge in [0.2, 0.25) is 5.95 Å². The van der Waals surface area contributed by atoms with Crippen molar-refractivity contribution < 1.29 is 9.59 Å². The largest absolute Gasteiger partial charge is 0.365 e. The summed E-state index contributed by atoms with van der Waals surface area (Å²) in [7, 11) is 0. The van der Waals surface area contributed by atoms with E-state index < -0.39 is 5.91 Å². The number of hydrogen-bond donors (Lipinski definition) is 4. The van der Waals surface area contributed by atoms with Crippen LogP contribution in [0, 0.1) is 0 Å². The van der Waals surface area contributed by atoms with Crippen LogP contribution in [-0.2, 0) is 6.42 Å². The van der Waals surface area contributed by atoms with Crippen molar-refractivity contribution >= 4 is 35.0 Å². The summed E-state index contributed by atoms with van der Waals surface area (Å²) in [5.74, 6) is 0.577. The molecule has 1 fully saturated rings. The van der Waals surface area contributed by atoms with Gasteiger partial charge in [0, 0.05) is 29.7 Å². The molecule has 1 saturated carbocycles. The number of hydrogen-bond acceptors (Lipinski definition) is 6. The molecule has 0 atom stereocenters. The Morgan fingerprint density at radius 3 is 2.65 bits per heavy atom. The highest BCUT2D eigenvalue weighted by Gasteiger charge is 2.23. The zero-order chi connectivity index (χ0) is 21.4. The second kappa shape index (κ2) is 7.71. The van der Waals surface area contributed by atoms with Crippen molar-refractivity contribution in [1.29, 1.82) is 0 Å². The fourth-order valence-electron chi connectivity index (χ4n) is 3.81.